The second-order valence-corrected chi connectivity index (χ2v) is 2.10. The van der Waals surface area contributed by atoms with Gasteiger partial charge in [-0.2, -0.15) is 0 Å². The van der Waals surface area contributed by atoms with E-state index >= 15 is 0 Å². The van der Waals surface area contributed by atoms with Gasteiger partial charge >= 0.3 is 5.97 Å². The van der Waals surface area contributed by atoms with Gasteiger partial charge in [0.15, 0.2) is 0 Å². The van der Waals surface area contributed by atoms with Gasteiger partial charge in [0.2, 0.25) is 5.88 Å². The Bertz CT molecular complexity index is 270. The molecule has 0 atom stereocenters. The summed E-state index contributed by atoms with van der Waals surface area (Å²) < 4.78 is 4.62. The summed E-state index contributed by atoms with van der Waals surface area (Å²) in [6, 6.07) is 0. The van der Waals surface area contributed by atoms with Gasteiger partial charge in [0.05, 0.1) is 24.7 Å². The van der Waals surface area contributed by atoms with E-state index < -0.39 is 5.97 Å². The number of aliphatic hydroxyl groups excluding tert-OH is 1. The molecule has 1 N–H and O–H groups in total. The fourth-order valence-electron chi connectivity index (χ4n) is 0.625. The molecule has 0 saturated carbocycles. The van der Waals surface area contributed by atoms with Crippen molar-refractivity contribution in [3.63, 3.8) is 0 Å². The lowest BCUT2D eigenvalue weighted by Crippen LogP contribution is -2.04. The number of aromatic nitrogens is 2. The molecule has 0 aliphatic carbocycles. The first kappa shape index (κ1) is 8.61. The van der Waals surface area contributed by atoms with Gasteiger partial charge in [0.1, 0.15) is 0 Å². The maximum Gasteiger partial charge on any atom is 0.309 e. The Morgan fingerprint density at radius 1 is 1.58 bits per heavy atom. The molecule has 0 saturated heterocycles. The van der Waals surface area contributed by atoms with E-state index in [4.69, 9.17) is 5.11 Å². The molecule has 0 spiro atoms. The molecule has 5 heteroatoms. The zero-order chi connectivity index (χ0) is 8.97. The van der Waals surface area contributed by atoms with Gasteiger partial charge in [-0.1, -0.05) is 0 Å². The minimum Gasteiger partial charge on any atom is -0.406 e. The van der Waals surface area contributed by atoms with Crippen LogP contribution in [0.4, 0.5) is 0 Å². The molecule has 1 aromatic rings. The topological polar surface area (TPSA) is 72.3 Å². The SMILES string of the molecule is CC(=O)Oc1cnc(CO)cn1. The molecule has 1 aromatic heterocycles. The molecule has 0 fully saturated rings. The average Bonchev–Trinajstić information content (AvgIpc) is 2.05. The Morgan fingerprint density at radius 2 is 2.33 bits per heavy atom. The summed E-state index contributed by atoms with van der Waals surface area (Å²) in [5.41, 5.74) is 0.436. The molecule has 0 aliphatic rings. The van der Waals surface area contributed by atoms with Crippen LogP contribution < -0.4 is 4.74 Å². The van der Waals surface area contributed by atoms with E-state index in [2.05, 4.69) is 14.7 Å². The molecular formula is C7H8N2O3. The number of aliphatic hydroxyl groups is 1. The highest BCUT2D eigenvalue weighted by molar-refractivity contribution is 5.68. The number of hydrogen-bond acceptors (Lipinski definition) is 5. The third-order valence-electron chi connectivity index (χ3n) is 1.09. The molecule has 12 heavy (non-hydrogen) atoms. The quantitative estimate of drug-likeness (QED) is 0.624. The molecule has 0 radical (unpaired) electrons. The summed E-state index contributed by atoms with van der Waals surface area (Å²) in [4.78, 5) is 17.9. The molecule has 0 aromatic carbocycles. The Morgan fingerprint density at radius 3 is 2.75 bits per heavy atom. The molecule has 1 heterocycles. The van der Waals surface area contributed by atoms with Gasteiger partial charge < -0.3 is 9.84 Å². The van der Waals surface area contributed by atoms with E-state index in [0.717, 1.165) is 0 Å². The monoisotopic (exact) mass is 168 g/mol. The highest BCUT2D eigenvalue weighted by Crippen LogP contribution is 2.03. The van der Waals surface area contributed by atoms with E-state index in [0.29, 0.717) is 5.69 Å². The number of nitrogens with zero attached hydrogens (tertiary/aromatic N) is 2. The van der Waals surface area contributed by atoms with Crippen molar-refractivity contribution in [2.75, 3.05) is 0 Å². The van der Waals surface area contributed by atoms with Crippen molar-refractivity contribution in [1.29, 1.82) is 0 Å². The molecule has 64 valence electrons. The number of ether oxygens (including phenoxy) is 1. The van der Waals surface area contributed by atoms with Crippen LogP contribution in [0.2, 0.25) is 0 Å². The van der Waals surface area contributed by atoms with Crippen molar-refractivity contribution < 1.29 is 14.6 Å². The zero-order valence-electron chi connectivity index (χ0n) is 6.52. The third kappa shape index (κ3) is 2.28. The molecule has 5 nitrogen and oxygen atoms in total. The summed E-state index contributed by atoms with van der Waals surface area (Å²) in [6.45, 7) is 1.11. The van der Waals surface area contributed by atoms with Crippen molar-refractivity contribution >= 4 is 5.97 Å². The normalized spacial score (nSPS) is 9.50. The molecular weight excluding hydrogens is 160 g/mol. The van der Waals surface area contributed by atoms with Gasteiger partial charge in [0.25, 0.3) is 0 Å². The predicted octanol–water partition coefficient (Wildman–Crippen LogP) is -0.106. The van der Waals surface area contributed by atoms with Crippen molar-refractivity contribution in [3.05, 3.63) is 18.1 Å². The Labute approximate surface area is 69.0 Å². The van der Waals surface area contributed by atoms with Crippen LogP contribution in [0.15, 0.2) is 12.4 Å². The largest absolute Gasteiger partial charge is 0.406 e. The summed E-state index contributed by atoms with van der Waals surface area (Å²) in [6.07, 6.45) is 2.63. The number of rotatable bonds is 2. The molecule has 0 bridgehead atoms. The molecule has 0 amide bonds. The van der Waals surface area contributed by atoms with Crippen molar-refractivity contribution in [2.45, 2.75) is 13.5 Å². The number of carbonyl (C=O) groups is 1. The first-order chi connectivity index (χ1) is 5.72. The van der Waals surface area contributed by atoms with Crippen molar-refractivity contribution in [2.24, 2.45) is 0 Å². The molecule has 1 rings (SSSR count). The van der Waals surface area contributed by atoms with Crippen LogP contribution in [0, 0.1) is 0 Å². The summed E-state index contributed by atoms with van der Waals surface area (Å²) in [7, 11) is 0. The highest BCUT2D eigenvalue weighted by Gasteiger charge is 1.99. The Balaban J connectivity index is 2.71. The number of carbonyl (C=O) groups excluding carboxylic acids is 1. The first-order valence-corrected chi connectivity index (χ1v) is 3.32. The second kappa shape index (κ2) is 3.77. The van der Waals surface area contributed by atoms with Crippen molar-refractivity contribution in [1.82, 2.24) is 9.97 Å². The van der Waals surface area contributed by atoms with Gasteiger partial charge in [-0.25, -0.2) is 4.98 Å². The molecule has 0 unspecified atom stereocenters. The lowest BCUT2D eigenvalue weighted by atomic mass is 10.5. The van der Waals surface area contributed by atoms with Crippen LogP contribution >= 0.6 is 0 Å². The maximum atomic E-state index is 10.4. The van der Waals surface area contributed by atoms with Crippen molar-refractivity contribution in [3.8, 4) is 5.88 Å². The highest BCUT2D eigenvalue weighted by atomic mass is 16.5. The van der Waals surface area contributed by atoms with Crippen LogP contribution in [0.25, 0.3) is 0 Å². The summed E-state index contributed by atoms with van der Waals surface area (Å²) >= 11 is 0. The maximum absolute atomic E-state index is 10.4. The number of hydrogen-bond donors (Lipinski definition) is 1. The van der Waals surface area contributed by atoms with Gasteiger partial charge in [-0.3, -0.25) is 9.78 Å². The van der Waals surface area contributed by atoms with E-state index in [1.807, 2.05) is 0 Å². The smallest absolute Gasteiger partial charge is 0.309 e. The van der Waals surface area contributed by atoms with Crippen LogP contribution in [0.1, 0.15) is 12.6 Å². The van der Waals surface area contributed by atoms with Gasteiger partial charge in [0, 0.05) is 6.92 Å². The summed E-state index contributed by atoms with van der Waals surface area (Å²) in [5.74, 6) is -0.305. The fraction of sp³-hybridized carbons (Fsp3) is 0.286. The third-order valence-corrected chi connectivity index (χ3v) is 1.09. The second-order valence-electron chi connectivity index (χ2n) is 2.10. The first-order valence-electron chi connectivity index (χ1n) is 3.32. The van der Waals surface area contributed by atoms with Gasteiger partial charge in [-0.05, 0) is 0 Å². The molecule has 0 aliphatic heterocycles. The lowest BCUT2D eigenvalue weighted by molar-refractivity contribution is -0.132. The van der Waals surface area contributed by atoms with Crippen LogP contribution in [0.5, 0.6) is 5.88 Å². The van der Waals surface area contributed by atoms with E-state index in [1.165, 1.54) is 19.3 Å². The van der Waals surface area contributed by atoms with E-state index in [9.17, 15) is 4.79 Å². The van der Waals surface area contributed by atoms with E-state index in [-0.39, 0.29) is 12.5 Å². The Kier molecular flexibility index (Phi) is 2.71. The van der Waals surface area contributed by atoms with Crippen LogP contribution in [-0.2, 0) is 11.4 Å². The fourth-order valence-corrected chi connectivity index (χ4v) is 0.625. The van der Waals surface area contributed by atoms with Gasteiger partial charge in [-0.15, -0.1) is 0 Å². The lowest BCUT2D eigenvalue weighted by Gasteiger charge is -1.98. The zero-order valence-corrected chi connectivity index (χ0v) is 6.52. The summed E-state index contributed by atoms with van der Waals surface area (Å²) in [5, 5.41) is 8.60. The Hall–Kier alpha value is -1.49. The number of esters is 1. The minimum absolute atomic E-state index is 0.139. The van der Waals surface area contributed by atoms with Crippen LogP contribution in [-0.4, -0.2) is 21.0 Å². The minimum atomic E-state index is -0.443. The average molecular weight is 168 g/mol. The predicted molar refractivity (Wildman–Crippen MR) is 39.3 cm³/mol. The van der Waals surface area contributed by atoms with E-state index in [1.54, 1.807) is 0 Å². The van der Waals surface area contributed by atoms with Crippen LogP contribution in [0.3, 0.4) is 0 Å². The standard InChI is InChI=1S/C7H8N2O3/c1-5(11)12-7-3-8-6(4-10)2-9-7/h2-3,10H,4H2,1H3.